The standard InChI is InChI=1S/C18H13BrCl2N2O2S/c1-10-6-12(3-5-14(10)19)25-8-17(24)23-18-22-16(9-26-18)13-4-2-11(20)7-15(13)21/h2-7,9H,8H2,1H3,(H,22,23,24). The molecule has 0 saturated heterocycles. The number of halogens is 3. The van der Waals surface area contributed by atoms with Crippen molar-refractivity contribution in [2.45, 2.75) is 6.92 Å². The number of nitrogens with one attached hydrogen (secondary N) is 1. The highest BCUT2D eigenvalue weighted by molar-refractivity contribution is 9.10. The van der Waals surface area contributed by atoms with Crippen LogP contribution in [0.2, 0.25) is 10.0 Å². The maximum Gasteiger partial charge on any atom is 0.264 e. The molecule has 0 bridgehead atoms. The molecule has 4 nitrogen and oxygen atoms in total. The molecule has 26 heavy (non-hydrogen) atoms. The number of rotatable bonds is 5. The third kappa shape index (κ3) is 4.76. The Morgan fingerprint density at radius 3 is 2.81 bits per heavy atom. The van der Waals surface area contributed by atoms with Crippen LogP contribution in [0.4, 0.5) is 5.13 Å². The van der Waals surface area contributed by atoms with Gasteiger partial charge in [-0.2, -0.15) is 0 Å². The Balaban J connectivity index is 1.61. The van der Waals surface area contributed by atoms with E-state index in [1.165, 1.54) is 11.3 Å². The summed E-state index contributed by atoms with van der Waals surface area (Å²) in [7, 11) is 0. The lowest BCUT2D eigenvalue weighted by atomic mass is 10.2. The maximum absolute atomic E-state index is 12.1. The lowest BCUT2D eigenvalue weighted by Crippen LogP contribution is -2.20. The fourth-order valence-electron chi connectivity index (χ4n) is 2.16. The van der Waals surface area contributed by atoms with Gasteiger partial charge in [0.15, 0.2) is 11.7 Å². The zero-order chi connectivity index (χ0) is 18.7. The normalized spacial score (nSPS) is 10.6. The van der Waals surface area contributed by atoms with E-state index >= 15 is 0 Å². The molecule has 0 aliphatic heterocycles. The second-order valence-corrected chi connectivity index (χ2v) is 7.97. The number of ether oxygens (including phenoxy) is 1. The van der Waals surface area contributed by atoms with Crippen LogP contribution in [0.15, 0.2) is 46.3 Å². The van der Waals surface area contributed by atoms with Crippen molar-refractivity contribution in [1.29, 1.82) is 0 Å². The maximum atomic E-state index is 12.1. The number of hydrogen-bond acceptors (Lipinski definition) is 4. The quantitative estimate of drug-likeness (QED) is 0.481. The average molecular weight is 472 g/mol. The molecule has 1 heterocycles. The summed E-state index contributed by atoms with van der Waals surface area (Å²) in [4.78, 5) is 16.5. The number of nitrogens with zero attached hydrogens (tertiary/aromatic N) is 1. The molecule has 0 saturated carbocycles. The van der Waals surface area contributed by atoms with E-state index in [2.05, 4.69) is 26.2 Å². The summed E-state index contributed by atoms with van der Waals surface area (Å²) in [5, 5.41) is 6.09. The van der Waals surface area contributed by atoms with Crippen molar-refractivity contribution in [3.05, 3.63) is 61.9 Å². The van der Waals surface area contributed by atoms with E-state index in [0.717, 1.165) is 15.6 Å². The average Bonchev–Trinajstić information content (AvgIpc) is 3.04. The highest BCUT2D eigenvalue weighted by Gasteiger charge is 2.11. The van der Waals surface area contributed by atoms with Crippen molar-refractivity contribution >= 4 is 61.5 Å². The molecule has 1 aromatic heterocycles. The van der Waals surface area contributed by atoms with E-state index < -0.39 is 0 Å². The first-order valence-electron chi connectivity index (χ1n) is 7.52. The predicted octanol–water partition coefficient (Wildman–Crippen LogP) is 6.21. The van der Waals surface area contributed by atoms with Gasteiger partial charge >= 0.3 is 0 Å². The molecular formula is C18H13BrCl2N2O2S. The number of benzene rings is 2. The van der Waals surface area contributed by atoms with Crippen molar-refractivity contribution in [3.63, 3.8) is 0 Å². The lowest BCUT2D eigenvalue weighted by Gasteiger charge is -2.07. The molecule has 1 amide bonds. The molecular weight excluding hydrogens is 459 g/mol. The lowest BCUT2D eigenvalue weighted by molar-refractivity contribution is -0.118. The van der Waals surface area contributed by atoms with Crippen LogP contribution in [0.5, 0.6) is 5.75 Å². The van der Waals surface area contributed by atoms with E-state index in [9.17, 15) is 4.79 Å². The van der Waals surface area contributed by atoms with Gasteiger partial charge in [-0.15, -0.1) is 11.3 Å². The van der Waals surface area contributed by atoms with Crippen LogP contribution in [0.1, 0.15) is 5.56 Å². The van der Waals surface area contributed by atoms with Crippen LogP contribution in [0.25, 0.3) is 11.3 Å². The number of anilines is 1. The number of aromatic nitrogens is 1. The Morgan fingerprint density at radius 2 is 2.08 bits per heavy atom. The molecule has 1 N–H and O–H groups in total. The summed E-state index contributed by atoms with van der Waals surface area (Å²) >= 11 is 16.8. The van der Waals surface area contributed by atoms with Gasteiger partial charge in [0, 0.05) is 20.4 Å². The largest absolute Gasteiger partial charge is 0.484 e. The van der Waals surface area contributed by atoms with Crippen molar-refractivity contribution in [3.8, 4) is 17.0 Å². The summed E-state index contributed by atoms with van der Waals surface area (Å²) in [5.41, 5.74) is 2.47. The summed E-state index contributed by atoms with van der Waals surface area (Å²) in [5.74, 6) is 0.349. The Labute approximate surface area is 173 Å². The second kappa shape index (κ2) is 8.39. The third-order valence-corrected chi connectivity index (χ3v) is 5.65. The van der Waals surface area contributed by atoms with Crippen LogP contribution >= 0.6 is 50.5 Å². The minimum atomic E-state index is -0.284. The number of aryl methyl sites for hydroxylation is 1. The summed E-state index contributed by atoms with van der Waals surface area (Å²) in [6.07, 6.45) is 0. The Hall–Kier alpha value is -1.60. The fraction of sp³-hybridized carbons (Fsp3) is 0.111. The van der Waals surface area contributed by atoms with Gasteiger partial charge in [0.25, 0.3) is 5.91 Å². The van der Waals surface area contributed by atoms with Gasteiger partial charge in [-0.25, -0.2) is 4.98 Å². The van der Waals surface area contributed by atoms with Crippen molar-refractivity contribution < 1.29 is 9.53 Å². The van der Waals surface area contributed by atoms with Gasteiger partial charge < -0.3 is 4.74 Å². The van der Waals surface area contributed by atoms with Crippen LogP contribution in [0.3, 0.4) is 0 Å². The molecule has 134 valence electrons. The van der Waals surface area contributed by atoms with Crippen LogP contribution in [-0.2, 0) is 4.79 Å². The molecule has 0 spiro atoms. The predicted molar refractivity (Wildman–Crippen MR) is 111 cm³/mol. The Bertz CT molecular complexity index is 962. The van der Waals surface area contributed by atoms with Gasteiger partial charge in [-0.3, -0.25) is 10.1 Å². The molecule has 0 radical (unpaired) electrons. The molecule has 8 heteroatoms. The molecule has 0 fully saturated rings. The number of hydrogen-bond donors (Lipinski definition) is 1. The summed E-state index contributed by atoms with van der Waals surface area (Å²) < 4.78 is 6.50. The Kier molecular flexibility index (Phi) is 6.19. The van der Waals surface area contributed by atoms with Crippen LogP contribution in [0, 0.1) is 6.92 Å². The topological polar surface area (TPSA) is 51.2 Å². The smallest absolute Gasteiger partial charge is 0.264 e. The van der Waals surface area contributed by atoms with Gasteiger partial charge in [0.1, 0.15) is 5.75 Å². The summed E-state index contributed by atoms with van der Waals surface area (Å²) in [6.45, 7) is 1.85. The van der Waals surface area contributed by atoms with E-state index in [1.54, 1.807) is 24.3 Å². The molecule has 0 atom stereocenters. The Morgan fingerprint density at radius 1 is 1.27 bits per heavy atom. The molecule has 0 aliphatic carbocycles. The van der Waals surface area contributed by atoms with E-state index in [-0.39, 0.29) is 12.5 Å². The van der Waals surface area contributed by atoms with Crippen molar-refractivity contribution in [1.82, 2.24) is 4.98 Å². The molecule has 3 aromatic rings. The minimum Gasteiger partial charge on any atom is -0.484 e. The molecule has 0 unspecified atom stereocenters. The molecule has 0 aliphatic rings. The van der Waals surface area contributed by atoms with Gasteiger partial charge in [-0.05, 0) is 48.9 Å². The zero-order valence-electron chi connectivity index (χ0n) is 13.6. The monoisotopic (exact) mass is 470 g/mol. The van der Waals surface area contributed by atoms with Crippen molar-refractivity contribution in [2.75, 3.05) is 11.9 Å². The first-order valence-corrected chi connectivity index (χ1v) is 9.95. The van der Waals surface area contributed by atoms with E-state index in [0.29, 0.717) is 26.6 Å². The number of carbonyl (C=O) groups is 1. The van der Waals surface area contributed by atoms with Crippen molar-refractivity contribution in [2.24, 2.45) is 0 Å². The highest BCUT2D eigenvalue weighted by Crippen LogP contribution is 2.32. The summed E-state index contributed by atoms with van der Waals surface area (Å²) in [6, 6.07) is 10.7. The van der Waals surface area contributed by atoms with Gasteiger partial charge in [-0.1, -0.05) is 39.1 Å². The first kappa shape index (κ1) is 19.2. The first-order chi connectivity index (χ1) is 12.4. The minimum absolute atomic E-state index is 0.0995. The van der Waals surface area contributed by atoms with E-state index in [4.69, 9.17) is 27.9 Å². The number of carbonyl (C=O) groups excluding carboxylic acids is 1. The number of amides is 1. The molecule has 2 aromatic carbocycles. The van der Waals surface area contributed by atoms with Gasteiger partial charge in [0.2, 0.25) is 0 Å². The number of thiazole rings is 1. The zero-order valence-corrected chi connectivity index (χ0v) is 17.5. The van der Waals surface area contributed by atoms with Gasteiger partial charge in [0.05, 0.1) is 10.7 Å². The highest BCUT2D eigenvalue weighted by atomic mass is 79.9. The third-order valence-electron chi connectivity index (χ3n) is 3.46. The fourth-order valence-corrected chi connectivity index (χ4v) is 3.64. The van der Waals surface area contributed by atoms with E-state index in [1.807, 2.05) is 24.4 Å². The second-order valence-electron chi connectivity index (χ2n) is 5.41. The SMILES string of the molecule is Cc1cc(OCC(=O)Nc2nc(-c3ccc(Cl)cc3Cl)cs2)ccc1Br. The van der Waals surface area contributed by atoms with Crippen LogP contribution < -0.4 is 10.1 Å². The molecule has 3 rings (SSSR count). The van der Waals surface area contributed by atoms with Crippen LogP contribution in [-0.4, -0.2) is 17.5 Å².